The molecular weight excluding hydrogens is 376 g/mol. The summed E-state index contributed by atoms with van der Waals surface area (Å²) in [4.78, 5) is 25.8. The van der Waals surface area contributed by atoms with Gasteiger partial charge in [0.1, 0.15) is 0 Å². The van der Waals surface area contributed by atoms with Crippen molar-refractivity contribution in [1.82, 2.24) is 30.5 Å². The lowest BCUT2D eigenvalue weighted by atomic mass is 10.0. The molecule has 0 saturated heterocycles. The van der Waals surface area contributed by atoms with Crippen molar-refractivity contribution in [2.45, 2.75) is 19.4 Å². The maximum atomic E-state index is 12.8. The maximum Gasteiger partial charge on any atom is 0.289 e. The lowest BCUT2D eigenvalue weighted by Crippen LogP contribution is -2.28. The molecule has 0 unspecified atom stereocenters. The van der Waals surface area contributed by atoms with Crippen LogP contribution in [0, 0.1) is 0 Å². The Labute approximate surface area is 172 Å². The second-order valence-electron chi connectivity index (χ2n) is 7.14. The number of hydrogen-bond donors (Lipinski definition) is 3. The average Bonchev–Trinajstić information content (AvgIpc) is 3.40. The third-order valence-corrected chi connectivity index (χ3v) is 5.25. The van der Waals surface area contributed by atoms with E-state index in [9.17, 15) is 4.79 Å². The third-order valence-electron chi connectivity index (χ3n) is 5.25. The van der Waals surface area contributed by atoms with Crippen molar-refractivity contribution in [3.63, 3.8) is 0 Å². The number of imidazole rings is 1. The zero-order valence-corrected chi connectivity index (χ0v) is 16.4. The third kappa shape index (κ3) is 3.20. The van der Waals surface area contributed by atoms with Crippen LogP contribution in [0.5, 0.6) is 0 Å². The van der Waals surface area contributed by atoms with Crippen LogP contribution in [0.15, 0.2) is 67.0 Å². The molecule has 0 bridgehead atoms. The molecule has 2 aromatic carbocycles. The highest BCUT2D eigenvalue weighted by atomic mass is 16.2. The quantitative estimate of drug-likeness (QED) is 0.410. The van der Waals surface area contributed by atoms with Gasteiger partial charge in [-0.1, -0.05) is 37.3 Å². The number of rotatable bonds is 5. The van der Waals surface area contributed by atoms with Crippen LogP contribution in [0.25, 0.3) is 33.2 Å². The van der Waals surface area contributed by atoms with E-state index >= 15 is 0 Å². The molecule has 1 atom stereocenters. The smallest absolute Gasteiger partial charge is 0.289 e. The zero-order chi connectivity index (χ0) is 20.5. The minimum atomic E-state index is -0.272. The molecule has 3 heterocycles. The van der Waals surface area contributed by atoms with E-state index in [0.29, 0.717) is 11.0 Å². The fourth-order valence-electron chi connectivity index (χ4n) is 3.69. The van der Waals surface area contributed by atoms with Gasteiger partial charge < -0.3 is 10.4 Å². The standard InChI is InChI=1S/C23H20N6O/c1-2-17(14-6-4-3-5-7-14)27-23(30)22-25-19-12-16-18(13-20(19)26-22)28-29-21(16)15-8-10-24-11-9-15/h3-13,17,28-29H,2H2,1H3,(H,27,30)/t17-/m1/s1. The van der Waals surface area contributed by atoms with Crippen LogP contribution in [0.2, 0.25) is 0 Å². The van der Waals surface area contributed by atoms with Crippen molar-refractivity contribution in [3.05, 3.63) is 78.4 Å². The summed E-state index contributed by atoms with van der Waals surface area (Å²) in [6.07, 6.45) is 4.29. The molecule has 0 aliphatic rings. The van der Waals surface area contributed by atoms with Crippen molar-refractivity contribution >= 4 is 27.8 Å². The molecule has 0 saturated carbocycles. The molecule has 30 heavy (non-hydrogen) atoms. The Hall–Kier alpha value is -4.00. The van der Waals surface area contributed by atoms with Gasteiger partial charge >= 0.3 is 0 Å². The molecule has 0 aliphatic carbocycles. The number of carbonyl (C=O) groups excluding carboxylic acids is 1. The summed E-state index contributed by atoms with van der Waals surface area (Å²) in [7, 11) is 0. The lowest BCUT2D eigenvalue weighted by Gasteiger charge is -2.16. The van der Waals surface area contributed by atoms with E-state index in [1.165, 1.54) is 0 Å². The Morgan fingerprint density at radius 1 is 1.00 bits per heavy atom. The first-order valence-corrected chi connectivity index (χ1v) is 9.87. The predicted octanol–water partition coefficient (Wildman–Crippen LogP) is 4.38. The zero-order valence-electron chi connectivity index (χ0n) is 16.4. The van der Waals surface area contributed by atoms with Crippen LogP contribution in [-0.2, 0) is 0 Å². The predicted molar refractivity (Wildman–Crippen MR) is 116 cm³/mol. The number of H-pyrrole nitrogens is 2. The molecule has 3 N–H and O–H groups in total. The van der Waals surface area contributed by atoms with Crippen molar-refractivity contribution in [2.24, 2.45) is 0 Å². The van der Waals surface area contributed by atoms with Crippen molar-refractivity contribution in [3.8, 4) is 11.3 Å². The monoisotopic (exact) mass is 396 g/mol. The first kappa shape index (κ1) is 18.1. The van der Waals surface area contributed by atoms with Crippen LogP contribution in [-0.4, -0.2) is 31.1 Å². The van der Waals surface area contributed by atoms with Crippen molar-refractivity contribution in [2.75, 3.05) is 0 Å². The van der Waals surface area contributed by atoms with Crippen LogP contribution in [0.3, 0.4) is 0 Å². The fourth-order valence-corrected chi connectivity index (χ4v) is 3.69. The molecule has 0 aliphatic heterocycles. The number of hydrogen-bond acceptors (Lipinski definition) is 4. The second-order valence-corrected chi connectivity index (χ2v) is 7.14. The lowest BCUT2D eigenvalue weighted by molar-refractivity contribution is 0.0926. The molecular formula is C23H20N6O. The first-order valence-electron chi connectivity index (χ1n) is 9.87. The summed E-state index contributed by atoms with van der Waals surface area (Å²) in [5.74, 6) is -0.0899. The van der Waals surface area contributed by atoms with E-state index in [1.54, 1.807) is 12.4 Å². The summed E-state index contributed by atoms with van der Waals surface area (Å²) in [6, 6.07) is 17.6. The molecule has 5 aromatic rings. The summed E-state index contributed by atoms with van der Waals surface area (Å²) in [5.41, 5.74) is 5.29. The largest absolute Gasteiger partial charge is 0.343 e. The topological polar surface area (TPSA) is 99.3 Å². The number of aromatic amines is 2. The van der Waals surface area contributed by atoms with Gasteiger partial charge in [-0.15, -0.1) is 0 Å². The molecule has 0 spiro atoms. The minimum absolute atomic E-state index is 0.0807. The van der Waals surface area contributed by atoms with Gasteiger partial charge in [0.15, 0.2) is 0 Å². The molecule has 1 amide bonds. The summed E-state index contributed by atoms with van der Waals surface area (Å²) < 4.78 is 0. The van der Waals surface area contributed by atoms with Gasteiger partial charge in [0.05, 0.1) is 28.3 Å². The van der Waals surface area contributed by atoms with Crippen molar-refractivity contribution < 1.29 is 4.79 Å². The Morgan fingerprint density at radius 2 is 1.73 bits per heavy atom. The number of nitrogens with zero attached hydrogens (tertiary/aromatic N) is 3. The van der Waals surface area contributed by atoms with E-state index in [4.69, 9.17) is 0 Å². The average molecular weight is 396 g/mol. The Balaban J connectivity index is 1.48. The van der Waals surface area contributed by atoms with Gasteiger partial charge in [-0.2, -0.15) is 0 Å². The molecule has 3 aromatic heterocycles. The number of carbonyl (C=O) groups is 1. The number of fused-ring (bicyclic) bond motifs is 2. The molecule has 7 heteroatoms. The van der Waals surface area contributed by atoms with E-state index in [0.717, 1.165) is 34.1 Å². The van der Waals surface area contributed by atoms with Gasteiger partial charge in [-0.3, -0.25) is 14.9 Å². The normalized spacial score (nSPS) is 12.3. The number of nitrogens with one attached hydrogen (secondary N) is 3. The molecule has 7 nitrogen and oxygen atoms in total. The van der Waals surface area contributed by atoms with Crippen molar-refractivity contribution in [1.29, 1.82) is 0 Å². The highest BCUT2D eigenvalue weighted by Gasteiger charge is 2.19. The number of benzene rings is 2. The Kier molecular flexibility index (Phi) is 4.48. The second kappa shape index (κ2) is 7.44. The van der Waals surface area contributed by atoms with E-state index in [2.05, 4.69) is 30.5 Å². The number of pyridine rings is 1. The van der Waals surface area contributed by atoms with Crippen LogP contribution < -0.4 is 5.32 Å². The molecule has 0 radical (unpaired) electrons. The van der Waals surface area contributed by atoms with Gasteiger partial charge in [-0.25, -0.2) is 9.97 Å². The molecule has 5 rings (SSSR count). The highest BCUT2D eigenvalue weighted by molar-refractivity contribution is 6.02. The maximum absolute atomic E-state index is 12.8. The van der Waals surface area contributed by atoms with Crippen LogP contribution in [0.4, 0.5) is 0 Å². The Morgan fingerprint density at radius 3 is 2.47 bits per heavy atom. The SMILES string of the molecule is CC[C@@H](NC(=O)c1nc2cc3[nH][nH]c(-c4ccncc4)c3cc2n1)c1ccccc1. The number of amides is 1. The van der Waals surface area contributed by atoms with Gasteiger partial charge in [0, 0.05) is 23.3 Å². The van der Waals surface area contributed by atoms with Gasteiger partial charge in [-0.05, 0) is 36.2 Å². The molecule has 148 valence electrons. The van der Waals surface area contributed by atoms with Gasteiger partial charge in [0.25, 0.3) is 5.91 Å². The summed E-state index contributed by atoms with van der Waals surface area (Å²) >= 11 is 0. The van der Waals surface area contributed by atoms with E-state index in [1.807, 2.05) is 61.5 Å². The highest BCUT2D eigenvalue weighted by Crippen LogP contribution is 2.29. The van der Waals surface area contributed by atoms with Crippen LogP contribution in [0.1, 0.15) is 35.6 Å². The van der Waals surface area contributed by atoms with E-state index in [-0.39, 0.29) is 17.8 Å². The summed E-state index contributed by atoms with van der Waals surface area (Å²) in [6.45, 7) is 2.04. The van der Waals surface area contributed by atoms with Gasteiger partial charge in [0.2, 0.25) is 5.82 Å². The Bertz CT molecular complexity index is 1320. The van der Waals surface area contributed by atoms with E-state index < -0.39 is 0 Å². The fraction of sp³-hybridized carbons (Fsp3) is 0.130. The van der Waals surface area contributed by atoms with Crippen LogP contribution >= 0.6 is 0 Å². The number of aromatic nitrogens is 5. The minimum Gasteiger partial charge on any atom is -0.343 e. The first-order chi connectivity index (χ1) is 14.7. The summed E-state index contributed by atoms with van der Waals surface area (Å²) in [5, 5.41) is 10.4. The molecule has 0 fully saturated rings.